The molecule has 0 amide bonds. The number of halogens is 2. The summed E-state index contributed by atoms with van der Waals surface area (Å²) in [5.74, 6) is -0.458. The van der Waals surface area contributed by atoms with Crippen LogP contribution in [0.1, 0.15) is 19.4 Å². The lowest BCUT2D eigenvalue weighted by Gasteiger charge is -2.07. The van der Waals surface area contributed by atoms with Crippen LogP contribution in [0.25, 0.3) is 0 Å². The predicted molar refractivity (Wildman–Crippen MR) is 63.3 cm³/mol. The van der Waals surface area contributed by atoms with Crippen LogP contribution in [0, 0.1) is 5.82 Å². The number of Topliss-reactive ketones (excluding diaryl/α,β-unsaturated/α-hetero) is 1. The van der Waals surface area contributed by atoms with Gasteiger partial charge in [0.2, 0.25) is 0 Å². The number of carbonyl (C=O) groups is 1. The zero-order valence-electron chi connectivity index (χ0n) is 9.39. The molecule has 16 heavy (non-hydrogen) atoms. The number of benzene rings is 1. The molecule has 0 radical (unpaired) electrons. The van der Waals surface area contributed by atoms with Gasteiger partial charge in [0.25, 0.3) is 0 Å². The van der Waals surface area contributed by atoms with Crippen LogP contribution in [0.5, 0.6) is 0 Å². The SMILES string of the molecule is CC(C)NCC(=O)Cc1ccc(Cl)cc1F. The molecule has 1 aromatic carbocycles. The maximum atomic E-state index is 13.4. The van der Waals surface area contributed by atoms with Crippen molar-refractivity contribution in [3.8, 4) is 0 Å². The number of hydrogen-bond donors (Lipinski definition) is 1. The minimum absolute atomic E-state index is 0.0325. The molecule has 0 saturated heterocycles. The summed E-state index contributed by atoms with van der Waals surface area (Å²) >= 11 is 5.62. The molecule has 0 aliphatic heterocycles. The highest BCUT2D eigenvalue weighted by Crippen LogP contribution is 2.15. The second-order valence-electron chi connectivity index (χ2n) is 3.99. The monoisotopic (exact) mass is 243 g/mol. The summed E-state index contributed by atoms with van der Waals surface area (Å²) in [7, 11) is 0. The fourth-order valence-electron chi connectivity index (χ4n) is 1.26. The van der Waals surface area contributed by atoms with Gasteiger partial charge in [0.05, 0.1) is 6.54 Å². The van der Waals surface area contributed by atoms with Crippen LogP contribution in [0.2, 0.25) is 5.02 Å². The van der Waals surface area contributed by atoms with Crippen molar-refractivity contribution < 1.29 is 9.18 Å². The molecule has 88 valence electrons. The summed E-state index contributed by atoms with van der Waals surface area (Å²) in [5.41, 5.74) is 0.389. The second-order valence-corrected chi connectivity index (χ2v) is 4.42. The number of nitrogens with one attached hydrogen (secondary N) is 1. The zero-order chi connectivity index (χ0) is 12.1. The summed E-state index contributed by atoms with van der Waals surface area (Å²) < 4.78 is 13.4. The van der Waals surface area contributed by atoms with Gasteiger partial charge in [-0.2, -0.15) is 0 Å². The van der Waals surface area contributed by atoms with Gasteiger partial charge in [0.15, 0.2) is 5.78 Å². The molecule has 0 unspecified atom stereocenters. The third kappa shape index (κ3) is 4.29. The van der Waals surface area contributed by atoms with E-state index in [1.807, 2.05) is 13.8 Å². The fourth-order valence-corrected chi connectivity index (χ4v) is 1.42. The van der Waals surface area contributed by atoms with Crippen LogP contribution < -0.4 is 5.32 Å². The van der Waals surface area contributed by atoms with Gasteiger partial charge in [0.1, 0.15) is 5.82 Å². The van der Waals surface area contributed by atoms with Crippen molar-refractivity contribution in [1.29, 1.82) is 0 Å². The summed E-state index contributed by atoms with van der Waals surface area (Å²) in [6.45, 7) is 4.17. The van der Waals surface area contributed by atoms with Crippen LogP contribution in [0.3, 0.4) is 0 Å². The number of rotatable bonds is 5. The molecule has 0 bridgehead atoms. The van der Waals surface area contributed by atoms with Crippen LogP contribution in [-0.4, -0.2) is 18.4 Å². The Morgan fingerprint density at radius 3 is 2.75 bits per heavy atom. The molecular weight excluding hydrogens is 229 g/mol. The maximum Gasteiger partial charge on any atom is 0.151 e. The number of ketones is 1. The fraction of sp³-hybridized carbons (Fsp3) is 0.417. The van der Waals surface area contributed by atoms with Crippen molar-refractivity contribution in [2.75, 3.05) is 6.54 Å². The Morgan fingerprint density at radius 1 is 1.50 bits per heavy atom. The maximum absolute atomic E-state index is 13.4. The van der Waals surface area contributed by atoms with E-state index in [0.717, 1.165) is 0 Å². The molecule has 0 aliphatic carbocycles. The van der Waals surface area contributed by atoms with Gasteiger partial charge in [-0.15, -0.1) is 0 Å². The lowest BCUT2D eigenvalue weighted by atomic mass is 10.1. The standard InChI is InChI=1S/C12H15ClFNO/c1-8(2)15-7-11(16)5-9-3-4-10(13)6-12(9)14/h3-4,6,8,15H,5,7H2,1-2H3. The Labute approximate surface area is 99.8 Å². The van der Waals surface area contributed by atoms with Crippen molar-refractivity contribution in [3.63, 3.8) is 0 Å². The first-order chi connectivity index (χ1) is 7.49. The Kier molecular flexibility index (Phi) is 4.90. The molecule has 0 spiro atoms. The zero-order valence-corrected chi connectivity index (χ0v) is 10.1. The minimum atomic E-state index is -0.426. The van der Waals surface area contributed by atoms with E-state index in [0.29, 0.717) is 10.6 Å². The molecule has 0 saturated carbocycles. The van der Waals surface area contributed by atoms with Crippen molar-refractivity contribution in [1.82, 2.24) is 5.32 Å². The smallest absolute Gasteiger partial charge is 0.151 e. The minimum Gasteiger partial charge on any atom is -0.308 e. The van der Waals surface area contributed by atoms with E-state index in [1.54, 1.807) is 12.1 Å². The van der Waals surface area contributed by atoms with Crippen molar-refractivity contribution in [2.24, 2.45) is 0 Å². The lowest BCUT2D eigenvalue weighted by molar-refractivity contribution is -0.117. The summed E-state index contributed by atoms with van der Waals surface area (Å²) in [5, 5.41) is 3.34. The summed E-state index contributed by atoms with van der Waals surface area (Å²) in [6, 6.07) is 4.60. The van der Waals surface area contributed by atoms with Crippen molar-refractivity contribution in [3.05, 3.63) is 34.6 Å². The first kappa shape index (κ1) is 13.1. The van der Waals surface area contributed by atoms with Crippen LogP contribution >= 0.6 is 11.6 Å². The third-order valence-electron chi connectivity index (χ3n) is 2.11. The molecule has 0 fully saturated rings. The first-order valence-electron chi connectivity index (χ1n) is 5.18. The molecule has 2 nitrogen and oxygen atoms in total. The van der Waals surface area contributed by atoms with Gasteiger partial charge < -0.3 is 5.32 Å². The average Bonchev–Trinajstić information content (AvgIpc) is 2.19. The number of hydrogen-bond acceptors (Lipinski definition) is 2. The van der Waals surface area contributed by atoms with Crippen molar-refractivity contribution >= 4 is 17.4 Å². The largest absolute Gasteiger partial charge is 0.308 e. The topological polar surface area (TPSA) is 29.1 Å². The molecule has 0 heterocycles. The predicted octanol–water partition coefficient (Wildman–Crippen LogP) is 2.59. The Morgan fingerprint density at radius 2 is 2.19 bits per heavy atom. The number of carbonyl (C=O) groups excluding carboxylic acids is 1. The van der Waals surface area contributed by atoms with Gasteiger partial charge in [-0.25, -0.2) is 4.39 Å². The van der Waals surface area contributed by atoms with Gasteiger partial charge >= 0.3 is 0 Å². The molecule has 1 N–H and O–H groups in total. The molecular formula is C12H15ClFNO. The van der Waals surface area contributed by atoms with Gasteiger partial charge in [0, 0.05) is 17.5 Å². The molecule has 0 aromatic heterocycles. The Bertz CT molecular complexity index is 379. The normalized spacial score (nSPS) is 10.8. The summed E-state index contributed by atoms with van der Waals surface area (Å²) in [6.07, 6.45) is 0.0999. The molecule has 1 rings (SSSR count). The summed E-state index contributed by atoms with van der Waals surface area (Å²) in [4.78, 5) is 11.5. The highest BCUT2D eigenvalue weighted by molar-refractivity contribution is 6.30. The van der Waals surface area contributed by atoms with Gasteiger partial charge in [-0.3, -0.25) is 4.79 Å². The van der Waals surface area contributed by atoms with Crippen LogP contribution in [-0.2, 0) is 11.2 Å². The Balaban J connectivity index is 2.56. The molecule has 1 aromatic rings. The molecule has 4 heteroatoms. The molecule has 0 aliphatic rings. The molecule has 0 atom stereocenters. The van der Waals surface area contributed by atoms with Crippen molar-refractivity contribution in [2.45, 2.75) is 26.3 Å². The van der Waals surface area contributed by atoms with E-state index >= 15 is 0 Å². The highest BCUT2D eigenvalue weighted by Gasteiger charge is 2.08. The van der Waals surface area contributed by atoms with Gasteiger partial charge in [-0.05, 0) is 17.7 Å². The van der Waals surface area contributed by atoms with Gasteiger partial charge in [-0.1, -0.05) is 31.5 Å². The first-order valence-corrected chi connectivity index (χ1v) is 5.56. The lowest BCUT2D eigenvalue weighted by Crippen LogP contribution is -2.30. The quantitative estimate of drug-likeness (QED) is 0.861. The van der Waals surface area contributed by atoms with E-state index in [9.17, 15) is 9.18 Å². The van der Waals surface area contributed by atoms with E-state index in [-0.39, 0.29) is 24.8 Å². The third-order valence-corrected chi connectivity index (χ3v) is 2.35. The average molecular weight is 244 g/mol. The van der Waals surface area contributed by atoms with Crippen LogP contribution in [0.4, 0.5) is 4.39 Å². The Hall–Kier alpha value is -0.930. The van der Waals surface area contributed by atoms with Crippen LogP contribution in [0.15, 0.2) is 18.2 Å². The van der Waals surface area contributed by atoms with E-state index in [4.69, 9.17) is 11.6 Å². The van der Waals surface area contributed by atoms with E-state index in [2.05, 4.69) is 5.32 Å². The highest BCUT2D eigenvalue weighted by atomic mass is 35.5. The van der Waals surface area contributed by atoms with E-state index < -0.39 is 5.82 Å². The van der Waals surface area contributed by atoms with E-state index in [1.165, 1.54) is 6.07 Å². The second kappa shape index (κ2) is 5.97.